The first-order valence-corrected chi connectivity index (χ1v) is 10.4. The number of carbonyl (C=O) groups is 1. The van der Waals surface area contributed by atoms with E-state index >= 15 is 0 Å². The number of amides is 1. The van der Waals surface area contributed by atoms with Gasteiger partial charge in [0.05, 0.1) is 0 Å². The van der Waals surface area contributed by atoms with Crippen molar-refractivity contribution in [2.24, 2.45) is 0 Å². The van der Waals surface area contributed by atoms with Gasteiger partial charge in [-0.15, -0.1) is 0 Å². The number of hydrogen-bond donors (Lipinski definition) is 3. The molecule has 0 aromatic heterocycles. The Bertz CT molecular complexity index is 978. The van der Waals surface area contributed by atoms with E-state index in [1.165, 1.54) is 41.2 Å². The molecule has 0 heterocycles. The van der Waals surface area contributed by atoms with Gasteiger partial charge in [-0.25, -0.2) is 5.48 Å². The number of carbonyl (C=O) groups excluding carboxylic acids is 1. The highest BCUT2D eigenvalue weighted by Crippen LogP contribution is 2.34. The number of rotatable bonds is 5. The predicted octanol–water partition coefficient (Wildman–Crippen LogP) is 5.34. The van der Waals surface area contributed by atoms with Gasteiger partial charge in [-0.1, -0.05) is 61.0 Å². The van der Waals surface area contributed by atoms with Gasteiger partial charge >= 0.3 is 0 Å². The molecule has 0 bridgehead atoms. The van der Waals surface area contributed by atoms with E-state index in [4.69, 9.17) is 5.21 Å². The molecule has 1 amide bonds. The van der Waals surface area contributed by atoms with Gasteiger partial charge in [0.15, 0.2) is 0 Å². The van der Waals surface area contributed by atoms with Crippen LogP contribution >= 0.6 is 0 Å². The fourth-order valence-corrected chi connectivity index (χ4v) is 4.69. The van der Waals surface area contributed by atoms with Crippen LogP contribution in [0, 0.1) is 0 Å². The Balaban J connectivity index is 1.45. The van der Waals surface area contributed by atoms with Crippen LogP contribution in [0.5, 0.6) is 0 Å². The normalized spacial score (nSPS) is 20.3. The summed E-state index contributed by atoms with van der Waals surface area (Å²) in [6.07, 6.45) is 4.66. The Morgan fingerprint density at radius 3 is 2.55 bits per heavy atom. The predicted molar refractivity (Wildman–Crippen MR) is 116 cm³/mol. The molecule has 4 heteroatoms. The quantitative estimate of drug-likeness (QED) is 0.409. The first kappa shape index (κ1) is 19.6. The third kappa shape index (κ3) is 4.34. The standard InChI is InChI=1S/C25H28N2O2/c1-17(23-11-5-7-19-6-2-3-10-24(19)23)26-22-9-4-8-21(16-22)18-12-14-20(15-13-18)25(28)27-29/h2-3,5-7,10-15,17,21-22,26,29H,4,8-9,16H2,1H3,(H,27,28)/t17-,21?,22?/m1/s1. The second kappa shape index (κ2) is 8.76. The Hall–Kier alpha value is -2.69. The molecule has 1 saturated carbocycles. The minimum atomic E-state index is -0.469. The lowest BCUT2D eigenvalue weighted by atomic mass is 9.80. The molecule has 1 aliphatic rings. The lowest BCUT2D eigenvalue weighted by Crippen LogP contribution is -2.35. The zero-order valence-corrected chi connectivity index (χ0v) is 16.8. The average Bonchev–Trinajstić information content (AvgIpc) is 2.78. The molecule has 1 aliphatic carbocycles. The molecule has 3 atom stereocenters. The summed E-state index contributed by atoms with van der Waals surface area (Å²) < 4.78 is 0. The van der Waals surface area contributed by atoms with Crippen molar-refractivity contribution in [1.29, 1.82) is 0 Å². The summed E-state index contributed by atoms with van der Waals surface area (Å²) in [5, 5.41) is 15.2. The van der Waals surface area contributed by atoms with Crippen LogP contribution in [-0.2, 0) is 0 Å². The van der Waals surface area contributed by atoms with Crippen LogP contribution in [0.1, 0.15) is 66.1 Å². The number of fused-ring (bicyclic) bond motifs is 1. The summed E-state index contributed by atoms with van der Waals surface area (Å²) in [6.45, 7) is 2.26. The van der Waals surface area contributed by atoms with Gasteiger partial charge in [0.2, 0.25) is 0 Å². The van der Waals surface area contributed by atoms with Crippen molar-refractivity contribution in [1.82, 2.24) is 10.8 Å². The summed E-state index contributed by atoms with van der Waals surface area (Å²) >= 11 is 0. The van der Waals surface area contributed by atoms with Crippen LogP contribution in [0.25, 0.3) is 10.8 Å². The monoisotopic (exact) mass is 388 g/mol. The molecule has 3 aromatic rings. The Morgan fingerprint density at radius 1 is 1.00 bits per heavy atom. The Kier molecular flexibility index (Phi) is 5.93. The molecule has 4 rings (SSSR count). The van der Waals surface area contributed by atoms with E-state index in [-0.39, 0.29) is 0 Å². The molecule has 4 nitrogen and oxygen atoms in total. The fourth-order valence-electron chi connectivity index (χ4n) is 4.69. The van der Waals surface area contributed by atoms with E-state index in [1.54, 1.807) is 17.6 Å². The summed E-state index contributed by atoms with van der Waals surface area (Å²) in [7, 11) is 0. The third-order valence-corrected chi connectivity index (χ3v) is 6.20. The van der Waals surface area contributed by atoms with Crippen molar-refractivity contribution in [3.05, 3.63) is 83.4 Å². The second-order valence-electron chi connectivity index (χ2n) is 8.08. The van der Waals surface area contributed by atoms with Gasteiger partial charge in [-0.05, 0) is 66.1 Å². The highest BCUT2D eigenvalue weighted by atomic mass is 16.5. The molecule has 0 aliphatic heterocycles. The van der Waals surface area contributed by atoms with Gasteiger partial charge in [0.1, 0.15) is 0 Å². The maximum absolute atomic E-state index is 11.5. The van der Waals surface area contributed by atoms with Gasteiger partial charge in [0, 0.05) is 17.6 Å². The van der Waals surface area contributed by atoms with Crippen molar-refractivity contribution < 1.29 is 10.0 Å². The van der Waals surface area contributed by atoms with E-state index in [0.717, 1.165) is 6.42 Å². The van der Waals surface area contributed by atoms with E-state index in [0.29, 0.717) is 23.6 Å². The van der Waals surface area contributed by atoms with E-state index in [2.05, 4.69) is 54.7 Å². The van der Waals surface area contributed by atoms with Crippen LogP contribution < -0.4 is 10.8 Å². The van der Waals surface area contributed by atoms with Crippen LogP contribution in [0.2, 0.25) is 0 Å². The van der Waals surface area contributed by atoms with Crippen LogP contribution in [0.3, 0.4) is 0 Å². The smallest absolute Gasteiger partial charge is 0.274 e. The number of benzene rings is 3. The van der Waals surface area contributed by atoms with Crippen molar-refractivity contribution >= 4 is 16.7 Å². The van der Waals surface area contributed by atoms with Crippen molar-refractivity contribution in [3.8, 4) is 0 Å². The van der Waals surface area contributed by atoms with Gasteiger partial charge < -0.3 is 5.32 Å². The van der Waals surface area contributed by atoms with Crippen LogP contribution in [0.15, 0.2) is 66.7 Å². The molecule has 3 aromatic carbocycles. The highest BCUT2D eigenvalue weighted by Gasteiger charge is 2.25. The zero-order chi connectivity index (χ0) is 20.2. The first-order chi connectivity index (χ1) is 14.2. The lowest BCUT2D eigenvalue weighted by Gasteiger charge is -2.32. The van der Waals surface area contributed by atoms with Crippen LogP contribution in [0.4, 0.5) is 0 Å². The largest absolute Gasteiger partial charge is 0.307 e. The average molecular weight is 389 g/mol. The molecule has 1 fully saturated rings. The van der Waals surface area contributed by atoms with Gasteiger partial charge in [0.25, 0.3) is 5.91 Å². The molecule has 0 radical (unpaired) electrons. The number of nitrogens with one attached hydrogen (secondary N) is 2. The lowest BCUT2D eigenvalue weighted by molar-refractivity contribution is 0.0706. The minimum Gasteiger partial charge on any atom is -0.307 e. The highest BCUT2D eigenvalue weighted by molar-refractivity contribution is 5.93. The first-order valence-electron chi connectivity index (χ1n) is 10.4. The number of hydroxylamine groups is 1. The van der Waals surface area contributed by atoms with Crippen molar-refractivity contribution in [2.45, 2.75) is 50.6 Å². The van der Waals surface area contributed by atoms with Gasteiger partial charge in [-0.3, -0.25) is 10.0 Å². The molecule has 29 heavy (non-hydrogen) atoms. The number of hydrogen-bond acceptors (Lipinski definition) is 3. The van der Waals surface area contributed by atoms with E-state index in [1.807, 2.05) is 12.1 Å². The van der Waals surface area contributed by atoms with E-state index in [9.17, 15) is 4.79 Å². The summed E-state index contributed by atoms with van der Waals surface area (Å²) in [6, 6.07) is 23.5. The molecule has 150 valence electrons. The Labute approximate surface area is 171 Å². The molecule has 0 spiro atoms. The third-order valence-electron chi connectivity index (χ3n) is 6.20. The second-order valence-corrected chi connectivity index (χ2v) is 8.08. The molecular weight excluding hydrogens is 360 g/mol. The minimum absolute atomic E-state index is 0.292. The van der Waals surface area contributed by atoms with Crippen LogP contribution in [-0.4, -0.2) is 17.2 Å². The summed E-state index contributed by atoms with van der Waals surface area (Å²) in [5.74, 6) is 0.0239. The van der Waals surface area contributed by atoms with E-state index < -0.39 is 5.91 Å². The molecule has 3 N–H and O–H groups in total. The summed E-state index contributed by atoms with van der Waals surface area (Å²) in [5.41, 5.74) is 4.79. The molecular formula is C25H28N2O2. The molecule has 2 unspecified atom stereocenters. The summed E-state index contributed by atoms with van der Waals surface area (Å²) in [4.78, 5) is 11.5. The maximum atomic E-state index is 11.5. The topological polar surface area (TPSA) is 61.4 Å². The Morgan fingerprint density at radius 2 is 1.76 bits per heavy atom. The molecule has 0 saturated heterocycles. The fraction of sp³-hybridized carbons (Fsp3) is 0.320. The van der Waals surface area contributed by atoms with Gasteiger partial charge in [-0.2, -0.15) is 0 Å². The maximum Gasteiger partial charge on any atom is 0.274 e. The van der Waals surface area contributed by atoms with Crippen molar-refractivity contribution in [3.63, 3.8) is 0 Å². The SMILES string of the molecule is C[C@@H](NC1CCCC(c2ccc(C(=O)NO)cc2)C1)c1cccc2ccccc12. The zero-order valence-electron chi connectivity index (χ0n) is 16.8. The van der Waals surface area contributed by atoms with Crippen molar-refractivity contribution in [2.75, 3.05) is 0 Å².